The molecule has 1 aliphatic heterocycles. The van der Waals surface area contributed by atoms with E-state index in [-0.39, 0.29) is 22.6 Å². The molecule has 0 unspecified atom stereocenters. The molecule has 0 atom stereocenters. The van der Waals surface area contributed by atoms with Gasteiger partial charge in [0.2, 0.25) is 0 Å². The maximum absolute atomic E-state index is 12.8. The number of benzene rings is 2. The minimum atomic E-state index is -3.56. The molecule has 0 bridgehead atoms. The van der Waals surface area contributed by atoms with Gasteiger partial charge in [-0.1, -0.05) is 24.3 Å². The zero-order chi connectivity index (χ0) is 24.1. The second-order valence-corrected chi connectivity index (χ2v) is 11.1. The molecule has 10 heteroatoms. The Labute approximate surface area is 202 Å². The summed E-state index contributed by atoms with van der Waals surface area (Å²) in [7, 11) is -3.56. The Morgan fingerprint density at radius 1 is 0.971 bits per heavy atom. The van der Waals surface area contributed by atoms with Crippen molar-refractivity contribution in [3.8, 4) is 0 Å². The zero-order valence-corrected chi connectivity index (χ0v) is 20.2. The monoisotopic (exact) mass is 499 g/mol. The highest BCUT2D eigenvalue weighted by Crippen LogP contribution is 2.26. The largest absolute Gasteiger partial charge is 0.379 e. The molecule has 1 fully saturated rings. The second kappa shape index (κ2) is 10.5. The van der Waals surface area contributed by atoms with Crippen molar-refractivity contribution < 1.29 is 22.7 Å². The number of ether oxygens (including phenoxy) is 1. The number of thiophene rings is 1. The molecule has 34 heavy (non-hydrogen) atoms. The van der Waals surface area contributed by atoms with Crippen LogP contribution in [-0.2, 0) is 21.3 Å². The Hall–Kier alpha value is -3.05. The lowest BCUT2D eigenvalue weighted by atomic mass is 10.1. The van der Waals surface area contributed by atoms with Gasteiger partial charge < -0.3 is 15.4 Å². The fraction of sp³-hybridized carbons (Fsp3) is 0.250. The number of hydrogen-bond donors (Lipinski definition) is 2. The number of hydrogen-bond acceptors (Lipinski definition) is 6. The molecule has 2 N–H and O–H groups in total. The van der Waals surface area contributed by atoms with E-state index in [2.05, 4.69) is 10.6 Å². The SMILES string of the molecule is Cc1ccc(C(=O)NCc2ccc(S(=O)(=O)N3CCOCC3)s2)cc1NC(=O)c1ccccc1. The molecule has 0 radical (unpaired) electrons. The van der Waals surface area contributed by atoms with Gasteiger partial charge in [0, 0.05) is 34.8 Å². The van der Waals surface area contributed by atoms with E-state index in [0.717, 1.165) is 21.8 Å². The Morgan fingerprint density at radius 2 is 1.71 bits per heavy atom. The zero-order valence-electron chi connectivity index (χ0n) is 18.6. The lowest BCUT2D eigenvalue weighted by Crippen LogP contribution is -2.40. The summed E-state index contributed by atoms with van der Waals surface area (Å²) >= 11 is 1.14. The fourth-order valence-corrected chi connectivity index (χ4v) is 6.32. The smallest absolute Gasteiger partial charge is 0.255 e. The van der Waals surface area contributed by atoms with Crippen molar-refractivity contribution >= 4 is 38.9 Å². The van der Waals surface area contributed by atoms with Gasteiger partial charge in [0.1, 0.15) is 4.21 Å². The molecular formula is C24H25N3O5S2. The van der Waals surface area contributed by atoms with Crippen molar-refractivity contribution in [1.82, 2.24) is 9.62 Å². The number of carbonyl (C=O) groups excluding carboxylic acids is 2. The van der Waals surface area contributed by atoms with Gasteiger partial charge in [-0.05, 0) is 48.9 Å². The average molecular weight is 500 g/mol. The summed E-state index contributed by atoms with van der Waals surface area (Å²) in [5.74, 6) is -0.574. The molecule has 0 saturated carbocycles. The van der Waals surface area contributed by atoms with Gasteiger partial charge in [0.15, 0.2) is 0 Å². The summed E-state index contributed by atoms with van der Waals surface area (Å²) in [6, 6.07) is 17.2. The van der Waals surface area contributed by atoms with Gasteiger partial charge in [0.25, 0.3) is 21.8 Å². The number of nitrogens with zero attached hydrogens (tertiary/aromatic N) is 1. The summed E-state index contributed by atoms with van der Waals surface area (Å²) < 4.78 is 32.5. The molecule has 8 nitrogen and oxygen atoms in total. The van der Waals surface area contributed by atoms with Crippen LogP contribution in [0.1, 0.15) is 31.2 Å². The van der Waals surface area contributed by atoms with Crippen LogP contribution in [0.2, 0.25) is 0 Å². The first-order valence-corrected chi connectivity index (χ1v) is 13.0. The molecule has 1 aromatic heterocycles. The highest BCUT2D eigenvalue weighted by molar-refractivity contribution is 7.91. The Kier molecular flexibility index (Phi) is 7.42. The maximum atomic E-state index is 12.8. The number of rotatable bonds is 7. The van der Waals surface area contributed by atoms with E-state index in [1.165, 1.54) is 4.31 Å². The van der Waals surface area contributed by atoms with Gasteiger partial charge in [-0.2, -0.15) is 4.31 Å². The highest BCUT2D eigenvalue weighted by atomic mass is 32.2. The van der Waals surface area contributed by atoms with Crippen LogP contribution >= 0.6 is 11.3 Å². The second-order valence-electron chi connectivity index (χ2n) is 7.77. The summed E-state index contributed by atoms with van der Waals surface area (Å²) in [4.78, 5) is 25.9. The minimum Gasteiger partial charge on any atom is -0.379 e. The van der Waals surface area contributed by atoms with Crippen molar-refractivity contribution in [3.05, 3.63) is 82.2 Å². The van der Waals surface area contributed by atoms with E-state index in [0.29, 0.717) is 43.1 Å². The molecule has 4 rings (SSSR count). The lowest BCUT2D eigenvalue weighted by molar-refractivity contribution is 0.0731. The molecule has 1 saturated heterocycles. The molecule has 3 aromatic rings. The predicted molar refractivity (Wildman–Crippen MR) is 131 cm³/mol. The molecule has 1 aliphatic rings. The number of sulfonamides is 1. The van der Waals surface area contributed by atoms with Crippen molar-refractivity contribution in [3.63, 3.8) is 0 Å². The lowest BCUT2D eigenvalue weighted by Gasteiger charge is -2.25. The van der Waals surface area contributed by atoms with Crippen LogP contribution < -0.4 is 10.6 Å². The van der Waals surface area contributed by atoms with Crippen molar-refractivity contribution in [2.75, 3.05) is 31.6 Å². The average Bonchev–Trinajstić information content (AvgIpc) is 3.35. The Bertz CT molecular complexity index is 1280. The minimum absolute atomic E-state index is 0.196. The molecule has 0 spiro atoms. The van der Waals surface area contributed by atoms with E-state index >= 15 is 0 Å². The van der Waals surface area contributed by atoms with Crippen molar-refractivity contribution in [1.29, 1.82) is 0 Å². The standard InChI is InChI=1S/C24H25N3O5S2/c1-17-7-8-19(15-21(17)26-24(29)18-5-3-2-4-6-18)23(28)25-16-20-9-10-22(33-20)34(30,31)27-11-13-32-14-12-27/h2-10,15H,11-14,16H2,1H3,(H,25,28)(H,26,29). The van der Waals surface area contributed by atoms with Gasteiger partial charge in [0.05, 0.1) is 19.8 Å². The van der Waals surface area contributed by atoms with E-state index in [1.807, 2.05) is 13.0 Å². The number of nitrogens with one attached hydrogen (secondary N) is 2. The van der Waals surface area contributed by atoms with Crippen LogP contribution in [0.4, 0.5) is 5.69 Å². The summed E-state index contributed by atoms with van der Waals surface area (Å²) in [5, 5.41) is 5.67. The molecular weight excluding hydrogens is 474 g/mol. The van der Waals surface area contributed by atoms with Crippen LogP contribution in [0.5, 0.6) is 0 Å². The third-order valence-corrected chi connectivity index (χ3v) is 8.86. The number of anilines is 1. The molecule has 0 aliphatic carbocycles. The summed E-state index contributed by atoms with van der Waals surface area (Å²) in [6.45, 7) is 3.49. The normalized spacial score (nSPS) is 14.5. The van der Waals surface area contributed by atoms with E-state index in [1.54, 1.807) is 54.6 Å². The predicted octanol–water partition coefficient (Wildman–Crippen LogP) is 3.26. The number of aryl methyl sites for hydroxylation is 1. The fourth-order valence-electron chi connectivity index (χ4n) is 3.46. The summed E-state index contributed by atoms with van der Waals surface area (Å²) in [5.41, 5.74) is 2.30. The third-order valence-electron chi connectivity index (χ3n) is 5.41. The van der Waals surface area contributed by atoms with Crippen LogP contribution in [-0.4, -0.2) is 50.8 Å². The molecule has 2 amide bonds. The van der Waals surface area contributed by atoms with Gasteiger partial charge in [-0.3, -0.25) is 9.59 Å². The van der Waals surface area contributed by atoms with E-state index in [9.17, 15) is 18.0 Å². The van der Waals surface area contributed by atoms with Gasteiger partial charge in [-0.25, -0.2) is 8.42 Å². The number of morpholine rings is 1. The maximum Gasteiger partial charge on any atom is 0.255 e. The number of amides is 2. The molecule has 2 aromatic carbocycles. The highest BCUT2D eigenvalue weighted by Gasteiger charge is 2.27. The van der Waals surface area contributed by atoms with Crippen LogP contribution in [0.3, 0.4) is 0 Å². The van der Waals surface area contributed by atoms with Gasteiger partial charge >= 0.3 is 0 Å². The van der Waals surface area contributed by atoms with Crippen molar-refractivity contribution in [2.45, 2.75) is 17.7 Å². The van der Waals surface area contributed by atoms with Crippen molar-refractivity contribution in [2.24, 2.45) is 0 Å². The summed E-state index contributed by atoms with van der Waals surface area (Å²) in [6.07, 6.45) is 0. The Balaban J connectivity index is 1.40. The third kappa shape index (κ3) is 5.53. The van der Waals surface area contributed by atoms with E-state index < -0.39 is 10.0 Å². The first kappa shape index (κ1) is 24.1. The molecule has 2 heterocycles. The van der Waals surface area contributed by atoms with Gasteiger partial charge in [-0.15, -0.1) is 11.3 Å². The topological polar surface area (TPSA) is 105 Å². The van der Waals surface area contributed by atoms with E-state index in [4.69, 9.17) is 4.74 Å². The van der Waals surface area contributed by atoms with Crippen LogP contribution in [0.25, 0.3) is 0 Å². The quantitative estimate of drug-likeness (QED) is 0.519. The van der Waals surface area contributed by atoms with Crippen LogP contribution in [0, 0.1) is 6.92 Å². The first-order valence-electron chi connectivity index (χ1n) is 10.8. The Morgan fingerprint density at radius 3 is 2.44 bits per heavy atom. The molecule has 178 valence electrons. The first-order chi connectivity index (χ1) is 16.3. The number of carbonyl (C=O) groups is 2. The van der Waals surface area contributed by atoms with Crippen LogP contribution in [0.15, 0.2) is 64.9 Å².